The van der Waals surface area contributed by atoms with Crippen LogP contribution in [-0.2, 0) is 10.5 Å². The van der Waals surface area contributed by atoms with Crippen molar-refractivity contribution in [1.29, 1.82) is 0 Å². The summed E-state index contributed by atoms with van der Waals surface area (Å²) in [7, 11) is 1.67. The Morgan fingerprint density at radius 2 is 2.24 bits per heavy atom. The van der Waals surface area contributed by atoms with Crippen molar-refractivity contribution >= 4 is 11.4 Å². The number of nitrogens with zero attached hydrogens (tertiary/aromatic N) is 2. The summed E-state index contributed by atoms with van der Waals surface area (Å²) in [5, 5.41) is 10.1. The van der Waals surface area contributed by atoms with Crippen LogP contribution in [0.25, 0.3) is 0 Å². The van der Waals surface area contributed by atoms with Crippen LogP contribution in [0.4, 0.5) is 5.69 Å². The Balaban J connectivity index is 1.64. The standard InChI is InChI=1S/C20H26N2O3/c1-3-13-8-12-9-15-18(13)22(11-12)7-6-20(25-23)16-10-14(24-2)4-5-17(16)21-19(15)20/h4-5,10,12-13,15,18,23H,3,6-9,11H2,1-2H3/t12-,13+,15-,18+,20?/m1/s1. The van der Waals surface area contributed by atoms with E-state index >= 15 is 0 Å². The van der Waals surface area contributed by atoms with Gasteiger partial charge in [-0.1, -0.05) is 13.3 Å². The molecule has 4 aliphatic heterocycles. The minimum Gasteiger partial charge on any atom is -0.497 e. The maximum absolute atomic E-state index is 10.1. The average molecular weight is 342 g/mol. The smallest absolute Gasteiger partial charge is 0.170 e. The maximum atomic E-state index is 10.1. The Bertz CT molecular complexity index is 734. The fourth-order valence-electron chi connectivity index (χ4n) is 6.08. The van der Waals surface area contributed by atoms with Gasteiger partial charge in [0.1, 0.15) is 5.75 Å². The predicted octanol–water partition coefficient (Wildman–Crippen LogP) is 3.61. The van der Waals surface area contributed by atoms with Crippen LogP contribution in [0, 0.1) is 17.8 Å². The molecular formula is C20H26N2O3. The first-order chi connectivity index (χ1) is 12.2. The van der Waals surface area contributed by atoms with Crippen LogP contribution in [0.3, 0.4) is 0 Å². The van der Waals surface area contributed by atoms with E-state index in [4.69, 9.17) is 14.6 Å². The lowest BCUT2D eigenvalue weighted by Crippen LogP contribution is -2.58. The van der Waals surface area contributed by atoms with Gasteiger partial charge >= 0.3 is 0 Å². The summed E-state index contributed by atoms with van der Waals surface area (Å²) in [5.74, 6) is 2.64. The van der Waals surface area contributed by atoms with E-state index in [1.807, 2.05) is 18.2 Å². The number of hydrogen-bond acceptors (Lipinski definition) is 5. The molecule has 3 saturated heterocycles. The van der Waals surface area contributed by atoms with Crippen molar-refractivity contribution < 1.29 is 14.9 Å². The fraction of sp³-hybridized carbons (Fsp3) is 0.650. The molecule has 6 rings (SSSR count). The molecular weight excluding hydrogens is 316 g/mol. The van der Waals surface area contributed by atoms with E-state index in [2.05, 4.69) is 11.8 Å². The van der Waals surface area contributed by atoms with Crippen molar-refractivity contribution in [3.8, 4) is 5.75 Å². The fourth-order valence-corrected chi connectivity index (χ4v) is 6.08. The Morgan fingerprint density at radius 1 is 1.36 bits per heavy atom. The van der Waals surface area contributed by atoms with E-state index in [1.165, 1.54) is 25.8 Å². The SMILES string of the molecule is CC[C@H]1C[C@@H]2C[C@H]3C4=Nc5ccc(OC)cc5C4(OO)CCN(C2)[C@@H]13. The van der Waals surface area contributed by atoms with Crippen molar-refractivity contribution in [2.75, 3.05) is 20.2 Å². The van der Waals surface area contributed by atoms with E-state index in [9.17, 15) is 5.26 Å². The van der Waals surface area contributed by atoms with Crippen LogP contribution in [-0.4, -0.2) is 42.1 Å². The number of benzene rings is 1. The van der Waals surface area contributed by atoms with Gasteiger partial charge in [-0.3, -0.25) is 15.1 Å². The topological polar surface area (TPSA) is 54.3 Å². The van der Waals surface area contributed by atoms with E-state index in [-0.39, 0.29) is 0 Å². The third-order valence-electron chi connectivity index (χ3n) is 7.11. The van der Waals surface area contributed by atoms with Gasteiger partial charge < -0.3 is 4.74 Å². The highest BCUT2D eigenvalue weighted by molar-refractivity contribution is 6.03. The van der Waals surface area contributed by atoms with E-state index in [1.54, 1.807) is 7.11 Å². The molecule has 0 spiro atoms. The summed E-state index contributed by atoms with van der Waals surface area (Å²) in [5.41, 5.74) is 2.13. The van der Waals surface area contributed by atoms with Crippen molar-refractivity contribution in [2.24, 2.45) is 22.7 Å². The van der Waals surface area contributed by atoms with Gasteiger partial charge in [0.05, 0.1) is 18.5 Å². The number of hydrogen-bond donors (Lipinski definition) is 1. The normalized spacial score (nSPS) is 40.9. The molecule has 0 radical (unpaired) electrons. The summed E-state index contributed by atoms with van der Waals surface area (Å²) in [6.45, 7) is 4.45. The highest BCUT2D eigenvalue weighted by Gasteiger charge is 2.58. The molecule has 6 atom stereocenters. The number of rotatable bonds is 3. The van der Waals surface area contributed by atoms with Gasteiger partial charge in [0.25, 0.3) is 0 Å². The third-order valence-corrected chi connectivity index (χ3v) is 7.11. The van der Waals surface area contributed by atoms with Gasteiger partial charge in [-0.2, -0.15) is 0 Å². The second-order valence-electron chi connectivity index (χ2n) is 8.15. The number of aliphatic imine (C=N–C) groups is 1. The molecule has 0 aromatic heterocycles. The van der Waals surface area contributed by atoms with E-state index < -0.39 is 5.60 Å². The highest BCUT2D eigenvalue weighted by atomic mass is 17.1. The van der Waals surface area contributed by atoms with Gasteiger partial charge in [-0.05, 0) is 42.9 Å². The van der Waals surface area contributed by atoms with Crippen molar-refractivity contribution in [3.05, 3.63) is 23.8 Å². The lowest BCUT2D eigenvalue weighted by atomic mass is 9.63. The molecule has 5 nitrogen and oxygen atoms in total. The molecule has 5 heteroatoms. The zero-order valence-electron chi connectivity index (χ0n) is 14.9. The zero-order valence-corrected chi connectivity index (χ0v) is 14.9. The summed E-state index contributed by atoms with van der Waals surface area (Å²) in [6.07, 6.45) is 4.48. The molecule has 25 heavy (non-hydrogen) atoms. The minimum atomic E-state index is -0.800. The maximum Gasteiger partial charge on any atom is 0.170 e. The molecule has 1 aromatic rings. The average Bonchev–Trinajstić information content (AvgIpc) is 2.95. The van der Waals surface area contributed by atoms with Gasteiger partial charge in [0.15, 0.2) is 5.60 Å². The number of piperidine rings is 2. The molecule has 4 heterocycles. The van der Waals surface area contributed by atoms with Crippen LogP contribution in [0.2, 0.25) is 0 Å². The van der Waals surface area contributed by atoms with E-state index in [0.717, 1.165) is 47.5 Å². The van der Waals surface area contributed by atoms with Crippen LogP contribution in [0.15, 0.2) is 23.2 Å². The first kappa shape index (κ1) is 15.8. The largest absolute Gasteiger partial charge is 0.497 e. The van der Waals surface area contributed by atoms with Crippen LogP contribution >= 0.6 is 0 Å². The third kappa shape index (κ3) is 2.03. The van der Waals surface area contributed by atoms with Crippen LogP contribution < -0.4 is 4.74 Å². The second kappa shape index (κ2) is 5.53. The molecule has 0 amide bonds. The number of fused-ring (bicyclic) bond motifs is 4. The summed E-state index contributed by atoms with van der Waals surface area (Å²) in [6, 6.07) is 6.46. The molecule has 5 aliphatic rings. The Hall–Kier alpha value is -1.43. The summed E-state index contributed by atoms with van der Waals surface area (Å²) >= 11 is 0. The van der Waals surface area contributed by atoms with Crippen LogP contribution in [0.5, 0.6) is 5.75 Å². The summed E-state index contributed by atoms with van der Waals surface area (Å²) < 4.78 is 5.41. The molecule has 1 N–H and O–H groups in total. The zero-order chi connectivity index (χ0) is 17.2. The van der Waals surface area contributed by atoms with Gasteiger partial charge in [-0.15, -0.1) is 0 Å². The van der Waals surface area contributed by atoms with Gasteiger partial charge in [0.2, 0.25) is 0 Å². The molecule has 2 unspecified atom stereocenters. The van der Waals surface area contributed by atoms with Gasteiger partial charge in [-0.25, -0.2) is 4.89 Å². The Morgan fingerprint density at radius 3 is 3.00 bits per heavy atom. The first-order valence-corrected chi connectivity index (χ1v) is 9.54. The van der Waals surface area contributed by atoms with E-state index in [0.29, 0.717) is 12.0 Å². The Labute approximate surface area is 148 Å². The predicted molar refractivity (Wildman–Crippen MR) is 95.5 cm³/mol. The number of ether oxygens (including phenoxy) is 1. The molecule has 1 aliphatic carbocycles. The molecule has 1 aromatic carbocycles. The molecule has 1 saturated carbocycles. The quantitative estimate of drug-likeness (QED) is 0.673. The lowest BCUT2D eigenvalue weighted by Gasteiger charge is -2.53. The van der Waals surface area contributed by atoms with Crippen LogP contribution in [0.1, 0.15) is 38.2 Å². The molecule has 134 valence electrons. The number of methoxy groups -OCH3 is 1. The van der Waals surface area contributed by atoms with Crippen molar-refractivity contribution in [2.45, 2.75) is 44.2 Å². The van der Waals surface area contributed by atoms with Gasteiger partial charge in [0, 0.05) is 37.0 Å². The monoisotopic (exact) mass is 342 g/mol. The lowest BCUT2D eigenvalue weighted by molar-refractivity contribution is -0.306. The first-order valence-electron chi connectivity index (χ1n) is 9.54. The summed E-state index contributed by atoms with van der Waals surface area (Å²) in [4.78, 5) is 12.9. The Kier molecular flexibility index (Phi) is 3.50. The molecule has 4 bridgehead atoms. The second-order valence-corrected chi connectivity index (χ2v) is 8.15. The van der Waals surface area contributed by atoms with Crippen molar-refractivity contribution in [3.63, 3.8) is 0 Å². The molecule has 4 fully saturated rings. The minimum absolute atomic E-state index is 0.380. The van der Waals surface area contributed by atoms with Crippen molar-refractivity contribution in [1.82, 2.24) is 4.90 Å². The highest BCUT2D eigenvalue weighted by Crippen LogP contribution is 2.55.